The van der Waals surface area contributed by atoms with Crippen molar-refractivity contribution in [2.24, 2.45) is 0 Å². The molecule has 0 amide bonds. The van der Waals surface area contributed by atoms with Crippen LogP contribution in [-0.2, 0) is 9.05 Å². The van der Waals surface area contributed by atoms with E-state index < -0.39 is 9.05 Å². The summed E-state index contributed by atoms with van der Waals surface area (Å²) in [6, 6.07) is 5.14. The SMILES string of the molecule is O=S(=O)(Cl)c1ncn2ccccc12. The third-order valence-electron chi connectivity index (χ3n) is 1.64. The van der Waals surface area contributed by atoms with Crippen molar-refractivity contribution in [2.45, 2.75) is 5.03 Å². The molecule has 2 aromatic rings. The lowest BCUT2D eigenvalue weighted by molar-refractivity contribution is 0.607. The molecule has 0 aliphatic rings. The van der Waals surface area contributed by atoms with Crippen LogP contribution in [0.25, 0.3) is 5.52 Å². The van der Waals surface area contributed by atoms with Crippen LogP contribution in [0.5, 0.6) is 0 Å². The summed E-state index contributed by atoms with van der Waals surface area (Å²) < 4.78 is 23.6. The number of nitrogens with zero attached hydrogens (tertiary/aromatic N) is 2. The molecule has 13 heavy (non-hydrogen) atoms. The second-order valence-electron chi connectivity index (χ2n) is 2.48. The molecule has 0 N–H and O–H groups in total. The number of aromatic nitrogens is 2. The van der Waals surface area contributed by atoms with E-state index in [4.69, 9.17) is 10.7 Å². The fourth-order valence-corrected chi connectivity index (χ4v) is 2.06. The first-order valence-corrected chi connectivity index (χ1v) is 5.76. The monoisotopic (exact) mass is 216 g/mol. The number of hydrogen-bond donors (Lipinski definition) is 0. The first-order valence-electron chi connectivity index (χ1n) is 3.45. The zero-order valence-electron chi connectivity index (χ0n) is 6.38. The first-order chi connectivity index (χ1) is 6.09. The molecule has 0 aliphatic heterocycles. The average molecular weight is 217 g/mol. The van der Waals surface area contributed by atoms with E-state index in [0.29, 0.717) is 5.52 Å². The Labute approximate surface area is 79.2 Å². The van der Waals surface area contributed by atoms with Crippen molar-refractivity contribution in [2.75, 3.05) is 0 Å². The van der Waals surface area contributed by atoms with Crippen molar-refractivity contribution >= 4 is 25.2 Å². The fourth-order valence-electron chi connectivity index (χ4n) is 1.11. The van der Waals surface area contributed by atoms with Gasteiger partial charge in [0.25, 0.3) is 9.05 Å². The number of hydrogen-bond acceptors (Lipinski definition) is 3. The van der Waals surface area contributed by atoms with Gasteiger partial charge in [0.05, 0.1) is 5.52 Å². The van der Waals surface area contributed by atoms with Gasteiger partial charge in [0.2, 0.25) is 0 Å². The Kier molecular flexibility index (Phi) is 1.78. The lowest BCUT2D eigenvalue weighted by atomic mass is 10.4. The van der Waals surface area contributed by atoms with Gasteiger partial charge in [0.1, 0.15) is 6.33 Å². The second-order valence-corrected chi connectivity index (χ2v) is 4.96. The van der Waals surface area contributed by atoms with Crippen molar-refractivity contribution in [3.8, 4) is 0 Å². The summed E-state index contributed by atoms with van der Waals surface area (Å²) in [5.74, 6) is 0. The van der Waals surface area contributed by atoms with Crippen LogP contribution in [0.4, 0.5) is 0 Å². The van der Waals surface area contributed by atoms with E-state index in [9.17, 15) is 8.42 Å². The Bertz CT molecular complexity index is 546. The zero-order valence-corrected chi connectivity index (χ0v) is 7.96. The van der Waals surface area contributed by atoms with Crippen LogP contribution in [0.15, 0.2) is 35.7 Å². The standard InChI is InChI=1S/C7H5ClN2O2S/c8-13(11,12)7-6-3-1-2-4-10(6)5-9-7/h1-5H. The summed E-state index contributed by atoms with van der Waals surface area (Å²) in [4.78, 5) is 3.71. The van der Waals surface area contributed by atoms with Gasteiger partial charge in [-0.05, 0) is 12.1 Å². The van der Waals surface area contributed by atoms with Crippen molar-refractivity contribution < 1.29 is 8.42 Å². The highest BCUT2D eigenvalue weighted by atomic mass is 35.7. The summed E-state index contributed by atoms with van der Waals surface area (Å²) >= 11 is 0. The summed E-state index contributed by atoms with van der Waals surface area (Å²) in [6.07, 6.45) is 3.11. The number of rotatable bonds is 1. The third-order valence-corrected chi connectivity index (χ3v) is 2.85. The van der Waals surface area contributed by atoms with Gasteiger partial charge in [-0.2, -0.15) is 0 Å². The molecule has 68 valence electrons. The lowest BCUT2D eigenvalue weighted by Gasteiger charge is -1.92. The summed E-state index contributed by atoms with van der Waals surface area (Å²) in [6.45, 7) is 0. The van der Waals surface area contributed by atoms with Gasteiger partial charge in [0.15, 0.2) is 5.03 Å². The summed E-state index contributed by atoms with van der Waals surface area (Å²) in [5, 5.41) is -0.102. The predicted octanol–water partition coefficient (Wildman–Crippen LogP) is 1.26. The van der Waals surface area contributed by atoms with Crippen LogP contribution in [0, 0.1) is 0 Å². The van der Waals surface area contributed by atoms with Crippen LogP contribution < -0.4 is 0 Å². The summed E-state index contributed by atoms with van der Waals surface area (Å²) in [5.41, 5.74) is 0.484. The first kappa shape index (κ1) is 8.52. The van der Waals surface area contributed by atoms with Crippen LogP contribution >= 0.6 is 10.7 Å². The van der Waals surface area contributed by atoms with Gasteiger partial charge in [-0.3, -0.25) is 0 Å². The van der Waals surface area contributed by atoms with Crippen LogP contribution in [0.1, 0.15) is 0 Å². The van der Waals surface area contributed by atoms with Crippen molar-refractivity contribution in [3.05, 3.63) is 30.7 Å². The number of imidazole rings is 1. The van der Waals surface area contributed by atoms with Crippen molar-refractivity contribution in [1.29, 1.82) is 0 Å². The van der Waals surface area contributed by atoms with Gasteiger partial charge in [-0.15, -0.1) is 0 Å². The quantitative estimate of drug-likeness (QED) is 0.675. The van der Waals surface area contributed by atoms with E-state index in [0.717, 1.165) is 0 Å². The fraction of sp³-hybridized carbons (Fsp3) is 0. The minimum Gasteiger partial charge on any atom is -0.305 e. The van der Waals surface area contributed by atoms with Crippen LogP contribution in [0.2, 0.25) is 0 Å². The highest BCUT2D eigenvalue weighted by molar-refractivity contribution is 8.13. The van der Waals surface area contributed by atoms with E-state index in [-0.39, 0.29) is 5.03 Å². The molecule has 0 fully saturated rings. The molecule has 0 aliphatic carbocycles. The Morgan fingerprint density at radius 2 is 2.15 bits per heavy atom. The number of fused-ring (bicyclic) bond motifs is 1. The molecule has 0 saturated carbocycles. The largest absolute Gasteiger partial charge is 0.305 e. The highest BCUT2D eigenvalue weighted by Gasteiger charge is 2.16. The number of pyridine rings is 1. The van der Waals surface area contributed by atoms with Crippen LogP contribution in [-0.4, -0.2) is 17.8 Å². The molecule has 0 atom stereocenters. The maximum atomic E-state index is 11.0. The summed E-state index contributed by atoms with van der Waals surface area (Å²) in [7, 11) is 1.43. The van der Waals surface area contributed by atoms with E-state index in [1.807, 2.05) is 0 Å². The molecule has 0 radical (unpaired) electrons. The average Bonchev–Trinajstić information content (AvgIpc) is 2.45. The normalized spacial score (nSPS) is 12.1. The second kappa shape index (κ2) is 2.71. The Morgan fingerprint density at radius 3 is 2.85 bits per heavy atom. The maximum Gasteiger partial charge on any atom is 0.280 e. The van der Waals surface area contributed by atoms with E-state index in [1.165, 1.54) is 6.33 Å². The van der Waals surface area contributed by atoms with Gasteiger partial charge in [0, 0.05) is 16.9 Å². The molecule has 0 unspecified atom stereocenters. The van der Waals surface area contributed by atoms with E-state index >= 15 is 0 Å². The molecular formula is C7H5ClN2O2S. The van der Waals surface area contributed by atoms with Gasteiger partial charge in [-0.1, -0.05) is 6.07 Å². The number of halogens is 1. The van der Waals surface area contributed by atoms with Gasteiger partial charge < -0.3 is 4.40 Å². The van der Waals surface area contributed by atoms with E-state index in [2.05, 4.69) is 4.98 Å². The Hall–Kier alpha value is -1.07. The smallest absolute Gasteiger partial charge is 0.280 e. The molecule has 4 nitrogen and oxygen atoms in total. The maximum absolute atomic E-state index is 11.0. The molecule has 6 heteroatoms. The lowest BCUT2D eigenvalue weighted by Crippen LogP contribution is -1.91. The molecule has 2 rings (SSSR count). The highest BCUT2D eigenvalue weighted by Crippen LogP contribution is 2.18. The minimum atomic E-state index is -3.75. The molecule has 0 spiro atoms. The zero-order chi connectivity index (χ0) is 9.47. The molecular weight excluding hydrogens is 212 g/mol. The van der Waals surface area contributed by atoms with Gasteiger partial charge in [-0.25, -0.2) is 13.4 Å². The molecule has 2 aromatic heterocycles. The Morgan fingerprint density at radius 1 is 1.38 bits per heavy atom. The van der Waals surface area contributed by atoms with Crippen LogP contribution in [0.3, 0.4) is 0 Å². The minimum absolute atomic E-state index is 0.102. The van der Waals surface area contributed by atoms with Gasteiger partial charge >= 0.3 is 0 Å². The predicted molar refractivity (Wildman–Crippen MR) is 48.2 cm³/mol. The molecule has 0 bridgehead atoms. The molecule has 2 heterocycles. The van der Waals surface area contributed by atoms with Crippen molar-refractivity contribution in [1.82, 2.24) is 9.38 Å². The van der Waals surface area contributed by atoms with E-state index in [1.54, 1.807) is 28.8 Å². The third kappa shape index (κ3) is 1.40. The topological polar surface area (TPSA) is 51.4 Å². The van der Waals surface area contributed by atoms with Crippen molar-refractivity contribution in [3.63, 3.8) is 0 Å². The molecule has 0 aromatic carbocycles. The Balaban J connectivity index is 2.87. The molecule has 0 saturated heterocycles.